The number of carbonyl (C=O) groups excluding carboxylic acids is 1. The number of nitrogens with one attached hydrogen (secondary N) is 1. The Morgan fingerprint density at radius 2 is 1.61 bits per heavy atom. The molecule has 0 atom stereocenters. The third-order valence-corrected chi connectivity index (χ3v) is 6.25. The molecule has 0 saturated carbocycles. The van der Waals surface area contributed by atoms with E-state index in [0.717, 1.165) is 18.2 Å². The number of fused-ring (bicyclic) bond motifs is 6. The van der Waals surface area contributed by atoms with Gasteiger partial charge in [0.2, 0.25) is 0 Å². The number of ether oxygens (including phenoxy) is 2. The maximum absolute atomic E-state index is 14.6. The number of rotatable bonds is 1. The van der Waals surface area contributed by atoms with Gasteiger partial charge in [0.15, 0.2) is 0 Å². The molecule has 0 aromatic heterocycles. The molecule has 0 radical (unpaired) electrons. The van der Waals surface area contributed by atoms with Gasteiger partial charge in [0.25, 0.3) is 16.4 Å². The van der Waals surface area contributed by atoms with Gasteiger partial charge in [-0.2, -0.15) is 0 Å². The standard InChI is InChI=1S/C22H15F4NO5S/c23-16-11-17(24)18-10-15(16)13-3-1-2-4-19(13)31-7-8-32-22(28)12-5-6-14(21(25)26)20(9-12)33(29,30)27-18/h1-6,9-11,21,27H,7-8H2. The summed E-state index contributed by atoms with van der Waals surface area (Å²) in [5.41, 5.74) is -1.91. The Hall–Kier alpha value is -3.60. The molecule has 11 heteroatoms. The quantitative estimate of drug-likeness (QED) is 0.394. The van der Waals surface area contributed by atoms with Crippen LogP contribution in [0.1, 0.15) is 22.3 Å². The second-order valence-electron chi connectivity index (χ2n) is 6.95. The van der Waals surface area contributed by atoms with Gasteiger partial charge in [-0.1, -0.05) is 24.3 Å². The largest absolute Gasteiger partial charge is 0.489 e. The van der Waals surface area contributed by atoms with Gasteiger partial charge >= 0.3 is 5.97 Å². The molecule has 1 aliphatic heterocycles. The van der Waals surface area contributed by atoms with Crippen LogP contribution in [0.5, 0.6) is 5.75 Å². The van der Waals surface area contributed by atoms with Gasteiger partial charge in [-0.25, -0.2) is 30.8 Å². The van der Waals surface area contributed by atoms with Gasteiger partial charge in [0.1, 0.15) is 30.6 Å². The van der Waals surface area contributed by atoms with Crippen LogP contribution in [0, 0.1) is 11.6 Å². The lowest BCUT2D eigenvalue weighted by Gasteiger charge is -2.15. The van der Waals surface area contributed by atoms with Crippen molar-refractivity contribution in [3.05, 3.63) is 77.4 Å². The highest BCUT2D eigenvalue weighted by Gasteiger charge is 2.27. The number of benzene rings is 3. The van der Waals surface area contributed by atoms with E-state index < -0.39 is 50.2 Å². The topological polar surface area (TPSA) is 81.7 Å². The predicted molar refractivity (Wildman–Crippen MR) is 110 cm³/mol. The van der Waals surface area contributed by atoms with Crippen LogP contribution in [-0.2, 0) is 14.8 Å². The molecule has 0 aliphatic carbocycles. The van der Waals surface area contributed by atoms with Gasteiger partial charge in [-0.3, -0.25) is 4.72 Å². The first kappa shape index (κ1) is 22.6. The summed E-state index contributed by atoms with van der Waals surface area (Å²) in [7, 11) is -4.82. The molecule has 1 N–H and O–H groups in total. The van der Waals surface area contributed by atoms with Crippen LogP contribution >= 0.6 is 0 Å². The zero-order valence-corrected chi connectivity index (χ0v) is 17.5. The number of esters is 1. The number of para-hydroxylation sites is 1. The van der Waals surface area contributed by atoms with Crippen LogP contribution < -0.4 is 9.46 Å². The van der Waals surface area contributed by atoms with Crippen LogP contribution in [-0.4, -0.2) is 27.6 Å². The molecular formula is C22H15F4NO5S. The van der Waals surface area contributed by atoms with Gasteiger partial charge in [0.05, 0.1) is 16.1 Å². The van der Waals surface area contributed by atoms with Gasteiger partial charge in [-0.15, -0.1) is 0 Å². The van der Waals surface area contributed by atoms with E-state index in [0.29, 0.717) is 12.1 Å². The minimum Gasteiger partial charge on any atom is -0.489 e. The summed E-state index contributed by atoms with van der Waals surface area (Å²) in [6.45, 7) is -0.405. The molecule has 4 bridgehead atoms. The summed E-state index contributed by atoms with van der Waals surface area (Å²) < 4.78 is 94.5. The molecule has 3 aromatic rings. The van der Waals surface area contributed by atoms with E-state index in [4.69, 9.17) is 9.47 Å². The molecule has 0 amide bonds. The average Bonchev–Trinajstić information content (AvgIpc) is 2.78. The summed E-state index contributed by atoms with van der Waals surface area (Å²) in [5, 5.41) is 0. The van der Waals surface area contributed by atoms with E-state index in [1.807, 2.05) is 4.72 Å². The Morgan fingerprint density at radius 1 is 0.879 bits per heavy atom. The first-order valence-corrected chi connectivity index (χ1v) is 11.0. The molecule has 1 aliphatic rings. The van der Waals surface area contributed by atoms with Crippen molar-refractivity contribution in [2.75, 3.05) is 17.9 Å². The zero-order chi connectivity index (χ0) is 23.8. The average molecular weight is 481 g/mol. The third kappa shape index (κ3) is 4.49. The smallest absolute Gasteiger partial charge is 0.338 e. The number of sulfonamides is 1. The number of alkyl halides is 2. The summed E-state index contributed by atoms with van der Waals surface area (Å²) >= 11 is 0. The summed E-state index contributed by atoms with van der Waals surface area (Å²) in [4.78, 5) is 11.4. The van der Waals surface area contributed by atoms with Gasteiger partial charge < -0.3 is 9.47 Å². The fourth-order valence-electron chi connectivity index (χ4n) is 3.29. The summed E-state index contributed by atoms with van der Waals surface area (Å²) in [6, 6.07) is 9.97. The van der Waals surface area contributed by atoms with Gasteiger partial charge in [0, 0.05) is 22.8 Å². The number of hydrogen-bond acceptors (Lipinski definition) is 5. The van der Waals surface area contributed by atoms with Crippen molar-refractivity contribution < 1.29 is 40.2 Å². The van der Waals surface area contributed by atoms with Crippen molar-refractivity contribution >= 4 is 21.7 Å². The molecule has 6 nitrogen and oxygen atoms in total. The second-order valence-corrected chi connectivity index (χ2v) is 8.60. The number of carbonyl (C=O) groups is 1. The summed E-state index contributed by atoms with van der Waals surface area (Å²) in [6.07, 6.45) is -3.21. The Morgan fingerprint density at radius 3 is 2.36 bits per heavy atom. The van der Waals surface area contributed by atoms with E-state index in [-0.39, 0.29) is 35.7 Å². The molecule has 4 rings (SSSR count). The second kappa shape index (κ2) is 8.74. The fraction of sp³-hybridized carbons (Fsp3) is 0.136. The van der Waals surface area contributed by atoms with Gasteiger partial charge in [-0.05, 0) is 24.3 Å². The lowest BCUT2D eigenvalue weighted by molar-refractivity contribution is 0.0450. The van der Waals surface area contributed by atoms with Crippen LogP contribution in [0.15, 0.2) is 59.5 Å². The van der Waals surface area contributed by atoms with Crippen molar-refractivity contribution in [2.45, 2.75) is 11.3 Å². The first-order chi connectivity index (χ1) is 15.7. The molecule has 0 saturated heterocycles. The minimum atomic E-state index is -4.82. The predicted octanol–water partition coefficient (Wildman–Crippen LogP) is 4.92. The minimum absolute atomic E-state index is 0.142. The van der Waals surface area contributed by atoms with Crippen molar-refractivity contribution in [3.8, 4) is 16.9 Å². The highest BCUT2D eigenvalue weighted by molar-refractivity contribution is 7.92. The molecular weight excluding hydrogens is 466 g/mol. The van der Waals surface area contributed by atoms with Crippen LogP contribution in [0.25, 0.3) is 11.1 Å². The third-order valence-electron chi connectivity index (χ3n) is 4.83. The Balaban J connectivity index is 1.93. The number of anilines is 1. The molecule has 3 aromatic carbocycles. The van der Waals surface area contributed by atoms with Crippen molar-refractivity contribution in [3.63, 3.8) is 0 Å². The fourth-order valence-corrected chi connectivity index (χ4v) is 4.60. The van der Waals surface area contributed by atoms with Crippen LogP contribution in [0.4, 0.5) is 23.2 Å². The lowest BCUT2D eigenvalue weighted by atomic mass is 10.0. The molecule has 0 spiro atoms. The van der Waals surface area contributed by atoms with E-state index in [2.05, 4.69) is 0 Å². The first-order valence-electron chi connectivity index (χ1n) is 9.50. The maximum Gasteiger partial charge on any atom is 0.338 e. The highest BCUT2D eigenvalue weighted by atomic mass is 32.2. The zero-order valence-electron chi connectivity index (χ0n) is 16.6. The SMILES string of the molecule is O=C1OCCOc2ccccc2-c2cc(c(F)cc2F)NS(=O)(=O)c2cc1ccc2C(F)F. The molecule has 0 unspecified atom stereocenters. The number of cyclic esters (lactones) is 1. The normalized spacial score (nSPS) is 15.4. The highest BCUT2D eigenvalue weighted by Crippen LogP contribution is 2.36. The molecule has 0 fully saturated rings. The number of halogens is 4. The van der Waals surface area contributed by atoms with E-state index in [1.165, 1.54) is 12.1 Å². The lowest BCUT2D eigenvalue weighted by Crippen LogP contribution is -2.18. The van der Waals surface area contributed by atoms with Crippen LogP contribution in [0.3, 0.4) is 0 Å². The monoisotopic (exact) mass is 481 g/mol. The van der Waals surface area contributed by atoms with Crippen molar-refractivity contribution in [1.82, 2.24) is 0 Å². The number of hydrogen-bond donors (Lipinski definition) is 1. The molecule has 172 valence electrons. The summed E-state index contributed by atoms with van der Waals surface area (Å²) in [5.74, 6) is -3.07. The van der Waals surface area contributed by atoms with Crippen LogP contribution in [0.2, 0.25) is 0 Å². The van der Waals surface area contributed by atoms with Crippen molar-refractivity contribution in [2.24, 2.45) is 0 Å². The van der Waals surface area contributed by atoms with E-state index in [1.54, 1.807) is 12.1 Å². The van der Waals surface area contributed by atoms with E-state index in [9.17, 15) is 30.8 Å². The van der Waals surface area contributed by atoms with Crippen molar-refractivity contribution in [1.29, 1.82) is 0 Å². The Labute approximate surface area is 185 Å². The maximum atomic E-state index is 14.6. The Kier molecular flexibility index (Phi) is 5.98. The van der Waals surface area contributed by atoms with E-state index >= 15 is 0 Å². The molecule has 33 heavy (non-hydrogen) atoms. The molecule has 1 heterocycles. The Bertz CT molecular complexity index is 1340.